The third kappa shape index (κ3) is 4.74. The lowest BCUT2D eigenvalue weighted by Gasteiger charge is -2.14. The Labute approximate surface area is 128 Å². The van der Waals surface area contributed by atoms with Crippen LogP contribution in [0.15, 0.2) is 24.3 Å². The second kappa shape index (κ2) is 7.57. The molecule has 4 nitrogen and oxygen atoms in total. The van der Waals surface area contributed by atoms with E-state index in [1.165, 1.54) is 5.56 Å². The molecular weight excluding hydrogens is 292 g/mol. The van der Waals surface area contributed by atoms with Crippen molar-refractivity contribution in [2.24, 2.45) is 0 Å². The molecule has 1 aromatic carbocycles. The van der Waals surface area contributed by atoms with Crippen LogP contribution in [0, 0.1) is 0 Å². The van der Waals surface area contributed by atoms with Gasteiger partial charge in [0.25, 0.3) is 0 Å². The van der Waals surface area contributed by atoms with Crippen molar-refractivity contribution in [1.82, 2.24) is 15.1 Å². The van der Waals surface area contributed by atoms with Gasteiger partial charge in [-0.1, -0.05) is 42.0 Å². The van der Waals surface area contributed by atoms with E-state index in [1.54, 1.807) is 11.3 Å². The molecule has 0 radical (unpaired) electrons. The topological polar surface area (TPSA) is 41.1 Å². The quantitative estimate of drug-likeness (QED) is 0.847. The molecule has 0 saturated heterocycles. The first-order chi connectivity index (χ1) is 9.67. The Morgan fingerprint density at radius 2 is 2.15 bits per heavy atom. The zero-order valence-corrected chi connectivity index (χ0v) is 13.3. The van der Waals surface area contributed by atoms with E-state index in [2.05, 4.69) is 40.5 Å². The molecular formula is C14H19ClN4S. The molecule has 1 aromatic heterocycles. The molecule has 0 aliphatic carbocycles. The van der Waals surface area contributed by atoms with Gasteiger partial charge >= 0.3 is 0 Å². The molecule has 0 aliphatic rings. The van der Waals surface area contributed by atoms with Gasteiger partial charge in [0.1, 0.15) is 5.01 Å². The summed E-state index contributed by atoms with van der Waals surface area (Å²) in [7, 11) is 2.07. The minimum atomic E-state index is 0.776. The van der Waals surface area contributed by atoms with Gasteiger partial charge in [-0.25, -0.2) is 0 Å². The summed E-state index contributed by atoms with van der Waals surface area (Å²) < 4.78 is 0. The fourth-order valence-electron chi connectivity index (χ4n) is 1.85. The van der Waals surface area contributed by atoms with Crippen LogP contribution in [0.25, 0.3) is 0 Å². The van der Waals surface area contributed by atoms with E-state index in [0.717, 1.165) is 41.2 Å². The maximum Gasteiger partial charge on any atom is 0.205 e. The molecule has 0 atom stereocenters. The lowest BCUT2D eigenvalue weighted by atomic mass is 10.2. The summed E-state index contributed by atoms with van der Waals surface area (Å²) in [6.45, 7) is 4.70. The lowest BCUT2D eigenvalue weighted by molar-refractivity contribution is 0.317. The van der Waals surface area contributed by atoms with Crippen molar-refractivity contribution >= 4 is 28.1 Å². The molecule has 0 aliphatic heterocycles. The summed E-state index contributed by atoms with van der Waals surface area (Å²) >= 11 is 7.61. The normalized spacial score (nSPS) is 11.0. The number of nitrogens with zero attached hydrogens (tertiary/aromatic N) is 3. The molecule has 0 amide bonds. The molecule has 1 N–H and O–H groups in total. The van der Waals surface area contributed by atoms with Gasteiger partial charge in [-0.05, 0) is 31.2 Å². The van der Waals surface area contributed by atoms with Crippen molar-refractivity contribution in [3.8, 4) is 0 Å². The fraction of sp³-hybridized carbons (Fsp3) is 0.429. The highest BCUT2D eigenvalue weighted by molar-refractivity contribution is 7.15. The van der Waals surface area contributed by atoms with E-state index >= 15 is 0 Å². The van der Waals surface area contributed by atoms with Crippen LogP contribution in [0.5, 0.6) is 0 Å². The van der Waals surface area contributed by atoms with Crippen molar-refractivity contribution in [3.05, 3.63) is 39.9 Å². The van der Waals surface area contributed by atoms with Crippen LogP contribution in [0.1, 0.15) is 23.9 Å². The lowest BCUT2D eigenvalue weighted by Crippen LogP contribution is -2.17. The summed E-state index contributed by atoms with van der Waals surface area (Å²) in [4.78, 5) is 2.20. The van der Waals surface area contributed by atoms with Gasteiger partial charge < -0.3 is 5.32 Å². The summed E-state index contributed by atoms with van der Waals surface area (Å²) in [6.07, 6.45) is 1.09. The Morgan fingerprint density at radius 3 is 2.90 bits per heavy atom. The molecule has 2 aromatic rings. The standard InChI is InChI=1S/C14H19ClN4S/c1-3-7-16-14-18-17-13(20-14)10-19(2)9-11-5-4-6-12(15)8-11/h4-6,8H,3,7,9-10H2,1-2H3,(H,16,18). The van der Waals surface area contributed by atoms with Crippen molar-refractivity contribution in [2.75, 3.05) is 18.9 Å². The molecule has 1 heterocycles. The Hall–Kier alpha value is -1.17. The highest BCUT2D eigenvalue weighted by Crippen LogP contribution is 2.18. The number of aromatic nitrogens is 2. The molecule has 0 fully saturated rings. The van der Waals surface area contributed by atoms with Crippen molar-refractivity contribution in [1.29, 1.82) is 0 Å². The molecule has 0 spiro atoms. The van der Waals surface area contributed by atoms with Gasteiger partial charge in [-0.15, -0.1) is 10.2 Å². The van der Waals surface area contributed by atoms with Crippen LogP contribution in [0.3, 0.4) is 0 Å². The second-order valence-corrected chi connectivity index (χ2v) is 6.23. The molecule has 0 saturated carbocycles. The first-order valence-corrected chi connectivity index (χ1v) is 7.86. The zero-order valence-electron chi connectivity index (χ0n) is 11.8. The number of halogens is 1. The van der Waals surface area contributed by atoms with Crippen LogP contribution >= 0.6 is 22.9 Å². The number of hydrogen-bond donors (Lipinski definition) is 1. The Kier molecular flexibility index (Phi) is 5.76. The minimum absolute atomic E-state index is 0.776. The van der Waals surface area contributed by atoms with Gasteiger partial charge in [-0.3, -0.25) is 4.90 Å². The zero-order chi connectivity index (χ0) is 14.4. The predicted molar refractivity (Wildman–Crippen MR) is 85.3 cm³/mol. The molecule has 108 valence electrons. The molecule has 2 rings (SSSR count). The van der Waals surface area contributed by atoms with Gasteiger partial charge in [0.2, 0.25) is 5.13 Å². The average molecular weight is 311 g/mol. The van der Waals surface area contributed by atoms with Crippen LogP contribution in [0.2, 0.25) is 5.02 Å². The highest BCUT2D eigenvalue weighted by atomic mass is 35.5. The maximum atomic E-state index is 5.99. The third-order valence-electron chi connectivity index (χ3n) is 2.74. The molecule has 0 unspecified atom stereocenters. The van der Waals surface area contributed by atoms with E-state index < -0.39 is 0 Å². The predicted octanol–water partition coefficient (Wildman–Crippen LogP) is 3.65. The largest absolute Gasteiger partial charge is 0.360 e. The van der Waals surface area contributed by atoms with Crippen molar-refractivity contribution < 1.29 is 0 Å². The van der Waals surface area contributed by atoms with Gasteiger partial charge in [0.05, 0.1) is 6.54 Å². The minimum Gasteiger partial charge on any atom is -0.360 e. The summed E-state index contributed by atoms with van der Waals surface area (Å²) in [5.41, 5.74) is 1.20. The third-order valence-corrected chi connectivity index (χ3v) is 3.84. The van der Waals surface area contributed by atoms with Crippen LogP contribution in [-0.4, -0.2) is 28.7 Å². The van der Waals surface area contributed by atoms with E-state index in [1.807, 2.05) is 18.2 Å². The van der Waals surface area contributed by atoms with E-state index in [9.17, 15) is 0 Å². The van der Waals surface area contributed by atoms with Crippen LogP contribution in [-0.2, 0) is 13.1 Å². The second-order valence-electron chi connectivity index (χ2n) is 4.73. The Balaban J connectivity index is 1.87. The number of anilines is 1. The first kappa shape index (κ1) is 15.2. The van der Waals surface area contributed by atoms with Crippen molar-refractivity contribution in [3.63, 3.8) is 0 Å². The number of benzene rings is 1. The fourth-order valence-corrected chi connectivity index (χ4v) is 2.91. The average Bonchev–Trinajstić information content (AvgIpc) is 2.83. The van der Waals surface area contributed by atoms with Crippen molar-refractivity contribution in [2.45, 2.75) is 26.4 Å². The Morgan fingerprint density at radius 1 is 1.30 bits per heavy atom. The number of nitrogens with one attached hydrogen (secondary N) is 1. The maximum absolute atomic E-state index is 5.99. The van der Waals surface area contributed by atoms with Crippen LogP contribution < -0.4 is 5.32 Å². The molecule has 0 bridgehead atoms. The van der Waals surface area contributed by atoms with E-state index in [-0.39, 0.29) is 0 Å². The molecule has 6 heteroatoms. The highest BCUT2D eigenvalue weighted by Gasteiger charge is 2.07. The summed E-state index contributed by atoms with van der Waals surface area (Å²) in [5, 5.41) is 14.3. The summed E-state index contributed by atoms with van der Waals surface area (Å²) in [5.74, 6) is 0. The van der Waals surface area contributed by atoms with Gasteiger partial charge in [0, 0.05) is 18.1 Å². The number of rotatable bonds is 7. The van der Waals surface area contributed by atoms with Gasteiger partial charge in [-0.2, -0.15) is 0 Å². The monoisotopic (exact) mass is 310 g/mol. The Bertz CT molecular complexity index is 543. The van der Waals surface area contributed by atoms with Crippen LogP contribution in [0.4, 0.5) is 5.13 Å². The summed E-state index contributed by atoms with van der Waals surface area (Å²) in [6, 6.07) is 7.94. The van der Waals surface area contributed by atoms with E-state index in [0.29, 0.717) is 0 Å². The smallest absolute Gasteiger partial charge is 0.205 e. The van der Waals surface area contributed by atoms with E-state index in [4.69, 9.17) is 11.6 Å². The molecule has 20 heavy (non-hydrogen) atoms. The number of hydrogen-bond acceptors (Lipinski definition) is 5. The first-order valence-electron chi connectivity index (χ1n) is 6.66. The van der Waals surface area contributed by atoms with Gasteiger partial charge in [0.15, 0.2) is 0 Å². The SMILES string of the molecule is CCCNc1nnc(CN(C)Cc2cccc(Cl)c2)s1.